The van der Waals surface area contributed by atoms with Gasteiger partial charge in [0.05, 0.1) is 5.69 Å². The molecule has 0 aliphatic rings. The molecule has 1 N–H and O–H groups in total. The van der Waals surface area contributed by atoms with Crippen molar-refractivity contribution < 1.29 is 13.9 Å². The maximum absolute atomic E-state index is 13.1. The van der Waals surface area contributed by atoms with E-state index in [9.17, 15) is 13.9 Å². The molecule has 104 valence electrons. The van der Waals surface area contributed by atoms with Crippen LogP contribution in [0.3, 0.4) is 0 Å². The minimum Gasteiger partial charge on any atom is -0.507 e. The molecule has 0 radical (unpaired) electrons. The van der Waals surface area contributed by atoms with E-state index in [1.807, 2.05) is 24.3 Å². The zero-order chi connectivity index (χ0) is 14.8. The van der Waals surface area contributed by atoms with Crippen molar-refractivity contribution in [1.82, 2.24) is 0 Å². The van der Waals surface area contributed by atoms with Gasteiger partial charge < -0.3 is 5.11 Å². The van der Waals surface area contributed by atoms with Gasteiger partial charge in [0, 0.05) is 17.8 Å². The number of phenolic OH excluding ortho intramolecular Hbond substituents is 1. The Bertz CT molecular complexity index is 843. The Hall–Kier alpha value is -2.75. The molecule has 4 heteroatoms. The van der Waals surface area contributed by atoms with E-state index in [2.05, 4.69) is 4.99 Å². The van der Waals surface area contributed by atoms with Crippen molar-refractivity contribution >= 4 is 22.7 Å². The number of benzene rings is 3. The Kier molecular flexibility index (Phi) is 3.36. The average Bonchev–Trinajstić information content (AvgIpc) is 2.50. The molecule has 0 saturated heterocycles. The van der Waals surface area contributed by atoms with Crippen LogP contribution in [-0.2, 0) is 0 Å². The van der Waals surface area contributed by atoms with Crippen LogP contribution in [0.5, 0.6) is 5.75 Å². The summed E-state index contributed by atoms with van der Waals surface area (Å²) in [6, 6.07) is 14.3. The summed E-state index contributed by atoms with van der Waals surface area (Å²) < 4.78 is 26.0. The maximum Gasteiger partial charge on any atom is 0.160 e. The summed E-state index contributed by atoms with van der Waals surface area (Å²) in [6.07, 6.45) is 1.45. The van der Waals surface area contributed by atoms with Gasteiger partial charge in [0.15, 0.2) is 11.6 Å². The Morgan fingerprint density at radius 2 is 1.71 bits per heavy atom. The van der Waals surface area contributed by atoms with Gasteiger partial charge in [-0.1, -0.05) is 30.3 Å². The van der Waals surface area contributed by atoms with Gasteiger partial charge in [-0.2, -0.15) is 0 Å². The molecule has 0 aromatic heterocycles. The standard InChI is InChI=1S/C17H11F2NO/c18-15-7-6-12(9-16(15)19)20-10-14-13-4-2-1-3-11(13)5-8-17(14)21/h1-10,21H. The molecule has 21 heavy (non-hydrogen) atoms. The number of hydrogen-bond donors (Lipinski definition) is 1. The average molecular weight is 283 g/mol. The lowest BCUT2D eigenvalue weighted by Gasteiger charge is -2.04. The fourth-order valence-corrected chi connectivity index (χ4v) is 2.12. The van der Waals surface area contributed by atoms with Crippen molar-refractivity contribution in [1.29, 1.82) is 0 Å². The van der Waals surface area contributed by atoms with Crippen molar-refractivity contribution in [3.63, 3.8) is 0 Å². The van der Waals surface area contributed by atoms with Crippen LogP contribution in [0.2, 0.25) is 0 Å². The number of hydrogen-bond acceptors (Lipinski definition) is 2. The zero-order valence-electron chi connectivity index (χ0n) is 10.9. The number of halogens is 2. The molecule has 0 amide bonds. The topological polar surface area (TPSA) is 32.6 Å². The molecule has 0 atom stereocenters. The van der Waals surface area contributed by atoms with Crippen LogP contribution in [0.1, 0.15) is 5.56 Å². The summed E-state index contributed by atoms with van der Waals surface area (Å²) in [6.45, 7) is 0. The summed E-state index contributed by atoms with van der Waals surface area (Å²) in [5.41, 5.74) is 0.819. The zero-order valence-corrected chi connectivity index (χ0v) is 10.9. The van der Waals surface area contributed by atoms with Gasteiger partial charge in [0.1, 0.15) is 5.75 Å². The number of rotatable bonds is 2. The third-order valence-corrected chi connectivity index (χ3v) is 3.19. The van der Waals surface area contributed by atoms with E-state index in [0.717, 1.165) is 22.9 Å². The molecule has 0 aliphatic carbocycles. The molecule has 0 bridgehead atoms. The minimum atomic E-state index is -0.952. The molecule has 3 aromatic rings. The van der Waals surface area contributed by atoms with Gasteiger partial charge in [-0.25, -0.2) is 8.78 Å². The van der Waals surface area contributed by atoms with Crippen LogP contribution >= 0.6 is 0 Å². The molecular weight excluding hydrogens is 272 g/mol. The van der Waals surface area contributed by atoms with Crippen molar-refractivity contribution in [2.45, 2.75) is 0 Å². The Morgan fingerprint density at radius 1 is 0.905 bits per heavy atom. The second-order valence-electron chi connectivity index (χ2n) is 4.58. The molecule has 0 spiro atoms. The largest absolute Gasteiger partial charge is 0.507 e. The van der Waals surface area contributed by atoms with E-state index in [1.165, 1.54) is 12.3 Å². The van der Waals surface area contributed by atoms with Crippen LogP contribution < -0.4 is 0 Å². The summed E-state index contributed by atoms with van der Waals surface area (Å²) in [5.74, 6) is -1.78. The van der Waals surface area contributed by atoms with Gasteiger partial charge in [-0.15, -0.1) is 0 Å². The Balaban J connectivity index is 2.06. The molecule has 2 nitrogen and oxygen atoms in total. The number of fused-ring (bicyclic) bond motifs is 1. The van der Waals surface area contributed by atoms with Crippen LogP contribution in [0.15, 0.2) is 59.6 Å². The van der Waals surface area contributed by atoms with E-state index in [-0.39, 0.29) is 11.4 Å². The first kappa shape index (κ1) is 13.2. The SMILES string of the molecule is Oc1ccc2ccccc2c1C=Nc1ccc(F)c(F)c1. The Morgan fingerprint density at radius 3 is 2.52 bits per heavy atom. The molecule has 3 rings (SSSR count). The molecule has 0 aliphatic heterocycles. The molecule has 0 unspecified atom stereocenters. The molecular formula is C17H11F2NO. The van der Waals surface area contributed by atoms with Gasteiger partial charge >= 0.3 is 0 Å². The molecule has 0 heterocycles. The lowest BCUT2D eigenvalue weighted by atomic mass is 10.0. The van der Waals surface area contributed by atoms with Gasteiger partial charge in [-0.05, 0) is 29.0 Å². The Labute approximate surface area is 120 Å². The van der Waals surface area contributed by atoms with E-state index in [0.29, 0.717) is 5.56 Å². The minimum absolute atomic E-state index is 0.0834. The fraction of sp³-hybridized carbons (Fsp3) is 0. The van der Waals surface area contributed by atoms with Crippen LogP contribution in [-0.4, -0.2) is 11.3 Å². The summed E-state index contributed by atoms with van der Waals surface area (Å²) >= 11 is 0. The molecule has 3 aromatic carbocycles. The van der Waals surface area contributed by atoms with Crippen molar-refractivity contribution in [3.05, 3.63) is 71.8 Å². The molecule has 0 saturated carbocycles. The number of aromatic hydroxyl groups is 1. The fourth-order valence-electron chi connectivity index (χ4n) is 2.12. The van der Waals surface area contributed by atoms with Gasteiger partial charge in [0.2, 0.25) is 0 Å². The predicted molar refractivity (Wildman–Crippen MR) is 79.2 cm³/mol. The quantitative estimate of drug-likeness (QED) is 0.686. The lowest BCUT2D eigenvalue weighted by Crippen LogP contribution is -1.86. The summed E-state index contributed by atoms with van der Waals surface area (Å²) in [5, 5.41) is 11.8. The monoisotopic (exact) mass is 283 g/mol. The summed E-state index contributed by atoms with van der Waals surface area (Å²) in [7, 11) is 0. The number of aliphatic imine (C=N–C) groups is 1. The van der Waals surface area contributed by atoms with Crippen LogP contribution in [0.4, 0.5) is 14.5 Å². The van der Waals surface area contributed by atoms with Crippen molar-refractivity contribution in [2.75, 3.05) is 0 Å². The highest BCUT2D eigenvalue weighted by molar-refractivity contribution is 6.02. The maximum atomic E-state index is 13.1. The summed E-state index contributed by atoms with van der Waals surface area (Å²) in [4.78, 5) is 4.10. The van der Waals surface area contributed by atoms with Crippen molar-refractivity contribution in [2.24, 2.45) is 4.99 Å². The lowest BCUT2D eigenvalue weighted by molar-refractivity contribution is 0.475. The van der Waals surface area contributed by atoms with Crippen LogP contribution in [0, 0.1) is 11.6 Å². The van der Waals surface area contributed by atoms with Gasteiger partial charge in [-0.3, -0.25) is 4.99 Å². The third-order valence-electron chi connectivity index (χ3n) is 3.19. The van der Waals surface area contributed by atoms with E-state index in [1.54, 1.807) is 12.1 Å². The first-order valence-electron chi connectivity index (χ1n) is 6.35. The van der Waals surface area contributed by atoms with Crippen molar-refractivity contribution in [3.8, 4) is 5.75 Å². The van der Waals surface area contributed by atoms with Crippen LogP contribution in [0.25, 0.3) is 10.8 Å². The van der Waals surface area contributed by atoms with E-state index >= 15 is 0 Å². The van der Waals surface area contributed by atoms with E-state index in [4.69, 9.17) is 0 Å². The normalized spacial score (nSPS) is 11.3. The second kappa shape index (κ2) is 5.32. The van der Waals surface area contributed by atoms with Gasteiger partial charge in [0.25, 0.3) is 0 Å². The third kappa shape index (κ3) is 2.60. The second-order valence-corrected chi connectivity index (χ2v) is 4.58. The number of phenols is 1. The first-order chi connectivity index (χ1) is 10.1. The smallest absolute Gasteiger partial charge is 0.160 e. The predicted octanol–water partition coefficient (Wildman–Crippen LogP) is 4.57. The number of nitrogens with zero attached hydrogens (tertiary/aromatic N) is 1. The molecule has 0 fully saturated rings. The van der Waals surface area contributed by atoms with E-state index < -0.39 is 11.6 Å². The highest BCUT2D eigenvalue weighted by Gasteiger charge is 2.05. The first-order valence-corrected chi connectivity index (χ1v) is 6.35. The highest BCUT2D eigenvalue weighted by atomic mass is 19.2. The highest BCUT2D eigenvalue weighted by Crippen LogP contribution is 2.26.